The number of aryl methyl sites for hydroxylation is 1. The van der Waals surface area contributed by atoms with Gasteiger partial charge in [-0.2, -0.15) is 5.10 Å². The third kappa shape index (κ3) is 2.98. The summed E-state index contributed by atoms with van der Waals surface area (Å²) < 4.78 is 1.94. The number of hydrogen-bond acceptors (Lipinski definition) is 1. The van der Waals surface area contributed by atoms with Gasteiger partial charge < -0.3 is 0 Å². The minimum Gasteiger partial charge on any atom is -0.265 e. The van der Waals surface area contributed by atoms with Gasteiger partial charge in [0.05, 0.1) is 27.7 Å². The first-order valence-electron chi connectivity index (χ1n) is 6.56. The highest BCUT2D eigenvalue weighted by atomic mass is 35.5. The second-order valence-corrected chi connectivity index (χ2v) is 6.14. The Morgan fingerprint density at radius 1 is 1.25 bits per heavy atom. The predicted molar refractivity (Wildman–Crippen MR) is 86.2 cm³/mol. The van der Waals surface area contributed by atoms with Gasteiger partial charge in [-0.05, 0) is 31.9 Å². The molecule has 1 atom stereocenters. The predicted octanol–water partition coefficient (Wildman–Crippen LogP) is 5.54. The molecule has 2 nitrogen and oxygen atoms in total. The average Bonchev–Trinajstić information content (AvgIpc) is 2.69. The number of hydrogen-bond donors (Lipinski definition) is 0. The van der Waals surface area contributed by atoms with Crippen LogP contribution >= 0.6 is 34.8 Å². The molecule has 0 fully saturated rings. The van der Waals surface area contributed by atoms with Crippen LogP contribution in [0, 0.1) is 13.8 Å². The number of halogens is 3. The van der Waals surface area contributed by atoms with E-state index in [0.717, 1.165) is 28.9 Å². The Hall–Kier alpha value is -0.700. The molecule has 0 aliphatic rings. The topological polar surface area (TPSA) is 17.8 Å². The first kappa shape index (κ1) is 15.7. The van der Waals surface area contributed by atoms with E-state index in [1.165, 1.54) is 0 Å². The molecular formula is C15H17Cl3N2. The zero-order valence-electron chi connectivity index (χ0n) is 11.8. The summed E-state index contributed by atoms with van der Waals surface area (Å²) in [5.41, 5.74) is 4.13. The lowest BCUT2D eigenvalue weighted by molar-refractivity contribution is 0.657. The number of alkyl halides is 1. The lowest BCUT2D eigenvalue weighted by Gasteiger charge is -2.10. The molecule has 1 aromatic carbocycles. The van der Waals surface area contributed by atoms with Crippen LogP contribution in [0.1, 0.15) is 41.2 Å². The number of benzene rings is 1. The molecular weight excluding hydrogens is 315 g/mol. The molecule has 1 unspecified atom stereocenters. The highest BCUT2D eigenvalue weighted by Gasteiger charge is 2.18. The van der Waals surface area contributed by atoms with Crippen molar-refractivity contribution in [3.63, 3.8) is 0 Å². The molecule has 2 aromatic rings. The fraction of sp³-hybridized carbons (Fsp3) is 0.400. The van der Waals surface area contributed by atoms with E-state index in [4.69, 9.17) is 34.8 Å². The molecule has 0 spiro atoms. The quantitative estimate of drug-likeness (QED) is 0.672. The van der Waals surface area contributed by atoms with Crippen molar-refractivity contribution in [2.24, 2.45) is 0 Å². The van der Waals surface area contributed by atoms with Crippen LogP contribution in [0.3, 0.4) is 0 Å². The van der Waals surface area contributed by atoms with E-state index in [1.54, 1.807) is 6.07 Å². The molecule has 0 radical (unpaired) electrons. The van der Waals surface area contributed by atoms with E-state index in [-0.39, 0.29) is 5.38 Å². The SMILES string of the molecule is CCC(Cl)c1c(C)nn(Cc2cccc(Cl)c2Cl)c1C. The van der Waals surface area contributed by atoms with Gasteiger partial charge in [-0.3, -0.25) is 4.68 Å². The van der Waals surface area contributed by atoms with E-state index in [1.807, 2.05) is 30.7 Å². The van der Waals surface area contributed by atoms with Crippen molar-refractivity contribution >= 4 is 34.8 Å². The summed E-state index contributed by atoms with van der Waals surface area (Å²) >= 11 is 18.7. The van der Waals surface area contributed by atoms with Crippen LogP contribution in [0.2, 0.25) is 10.0 Å². The van der Waals surface area contributed by atoms with Crippen LogP contribution < -0.4 is 0 Å². The highest BCUT2D eigenvalue weighted by molar-refractivity contribution is 6.42. The minimum absolute atomic E-state index is 0.00131. The molecule has 108 valence electrons. The van der Waals surface area contributed by atoms with Gasteiger partial charge in [-0.1, -0.05) is 42.3 Å². The lowest BCUT2D eigenvalue weighted by atomic mass is 10.1. The molecule has 0 aliphatic carbocycles. The first-order valence-corrected chi connectivity index (χ1v) is 7.75. The Kier molecular flexibility index (Phi) is 5.00. The molecule has 0 aliphatic heterocycles. The van der Waals surface area contributed by atoms with E-state index in [0.29, 0.717) is 16.6 Å². The molecule has 0 saturated heterocycles. The van der Waals surface area contributed by atoms with Gasteiger partial charge in [0.1, 0.15) is 0 Å². The number of aromatic nitrogens is 2. The van der Waals surface area contributed by atoms with Gasteiger partial charge in [0.2, 0.25) is 0 Å². The number of rotatable bonds is 4. The molecule has 0 bridgehead atoms. The maximum atomic E-state index is 6.37. The van der Waals surface area contributed by atoms with E-state index in [2.05, 4.69) is 12.0 Å². The van der Waals surface area contributed by atoms with Crippen LogP contribution in [0.5, 0.6) is 0 Å². The Morgan fingerprint density at radius 3 is 2.60 bits per heavy atom. The summed E-state index contributed by atoms with van der Waals surface area (Å²) in [6.45, 7) is 6.70. The summed E-state index contributed by atoms with van der Waals surface area (Å²) in [5.74, 6) is 0. The maximum Gasteiger partial charge on any atom is 0.0677 e. The van der Waals surface area contributed by atoms with Crippen molar-refractivity contribution < 1.29 is 0 Å². The zero-order chi connectivity index (χ0) is 14.9. The Balaban J connectivity index is 2.38. The maximum absolute atomic E-state index is 6.37. The highest BCUT2D eigenvalue weighted by Crippen LogP contribution is 2.31. The molecule has 2 rings (SSSR count). The Morgan fingerprint density at radius 2 is 1.95 bits per heavy atom. The second kappa shape index (κ2) is 6.38. The van der Waals surface area contributed by atoms with Gasteiger partial charge in [-0.15, -0.1) is 11.6 Å². The van der Waals surface area contributed by atoms with E-state index in [9.17, 15) is 0 Å². The van der Waals surface area contributed by atoms with Crippen LogP contribution in [0.4, 0.5) is 0 Å². The number of nitrogens with zero attached hydrogens (tertiary/aromatic N) is 2. The summed E-state index contributed by atoms with van der Waals surface area (Å²) in [4.78, 5) is 0. The van der Waals surface area contributed by atoms with Crippen molar-refractivity contribution in [2.45, 2.75) is 39.1 Å². The fourth-order valence-corrected chi connectivity index (χ4v) is 3.05. The smallest absolute Gasteiger partial charge is 0.0677 e. The van der Waals surface area contributed by atoms with Crippen molar-refractivity contribution in [3.05, 3.63) is 50.8 Å². The molecule has 1 aromatic heterocycles. The average molecular weight is 332 g/mol. The van der Waals surface area contributed by atoms with Crippen molar-refractivity contribution in [1.82, 2.24) is 9.78 Å². The van der Waals surface area contributed by atoms with Crippen molar-refractivity contribution in [1.29, 1.82) is 0 Å². The summed E-state index contributed by atoms with van der Waals surface area (Å²) in [6, 6.07) is 5.64. The van der Waals surface area contributed by atoms with Crippen LogP contribution in [-0.4, -0.2) is 9.78 Å². The van der Waals surface area contributed by atoms with Crippen LogP contribution in [0.15, 0.2) is 18.2 Å². The van der Waals surface area contributed by atoms with Gasteiger partial charge in [0, 0.05) is 11.3 Å². The van der Waals surface area contributed by atoms with Gasteiger partial charge >= 0.3 is 0 Å². The van der Waals surface area contributed by atoms with Crippen LogP contribution in [0.25, 0.3) is 0 Å². The van der Waals surface area contributed by atoms with Crippen LogP contribution in [-0.2, 0) is 6.54 Å². The molecule has 1 heterocycles. The van der Waals surface area contributed by atoms with E-state index < -0.39 is 0 Å². The molecule has 0 saturated carbocycles. The van der Waals surface area contributed by atoms with Crippen molar-refractivity contribution in [3.8, 4) is 0 Å². The first-order chi connectivity index (χ1) is 9.45. The van der Waals surface area contributed by atoms with Gasteiger partial charge in [0.15, 0.2) is 0 Å². The summed E-state index contributed by atoms with van der Waals surface area (Å²) in [7, 11) is 0. The second-order valence-electron chi connectivity index (χ2n) is 4.83. The molecule has 0 N–H and O–H groups in total. The van der Waals surface area contributed by atoms with Gasteiger partial charge in [0.25, 0.3) is 0 Å². The third-order valence-electron chi connectivity index (χ3n) is 3.46. The normalized spacial score (nSPS) is 12.7. The zero-order valence-corrected chi connectivity index (χ0v) is 14.0. The Bertz CT molecular complexity index is 620. The molecule has 0 amide bonds. The monoisotopic (exact) mass is 330 g/mol. The fourth-order valence-electron chi connectivity index (χ4n) is 2.35. The standard InChI is InChI=1S/C15H17Cl3N2/c1-4-12(16)14-9(2)19-20(10(14)3)8-11-6-5-7-13(17)15(11)18/h5-7,12H,4,8H2,1-3H3. The van der Waals surface area contributed by atoms with Gasteiger partial charge in [-0.25, -0.2) is 0 Å². The molecule has 20 heavy (non-hydrogen) atoms. The third-order valence-corrected chi connectivity index (χ3v) is 4.85. The summed E-state index contributed by atoms with van der Waals surface area (Å²) in [6.07, 6.45) is 0.882. The molecule has 5 heteroatoms. The van der Waals surface area contributed by atoms with E-state index >= 15 is 0 Å². The Labute approximate surface area is 134 Å². The minimum atomic E-state index is -0.00131. The largest absolute Gasteiger partial charge is 0.265 e. The summed E-state index contributed by atoms with van der Waals surface area (Å²) in [5, 5.41) is 5.72. The van der Waals surface area contributed by atoms with Crippen molar-refractivity contribution in [2.75, 3.05) is 0 Å². The lowest BCUT2D eigenvalue weighted by Crippen LogP contribution is -2.05.